The Morgan fingerprint density at radius 3 is 2.45 bits per heavy atom. The molecular formula is C20H22ClN3O3S2. The molecule has 0 atom stereocenters. The fourth-order valence-electron chi connectivity index (χ4n) is 2.78. The Labute approximate surface area is 179 Å². The third kappa shape index (κ3) is 4.95. The van der Waals surface area contributed by atoms with Crippen molar-refractivity contribution in [1.82, 2.24) is 9.88 Å². The molecule has 9 heteroatoms. The number of thiazole rings is 1. The summed E-state index contributed by atoms with van der Waals surface area (Å²) in [4.78, 5) is 21.2. The van der Waals surface area contributed by atoms with Crippen molar-refractivity contribution in [3.05, 3.63) is 53.1 Å². The molecule has 3 aromatic rings. The van der Waals surface area contributed by atoms with E-state index in [9.17, 15) is 13.2 Å². The Morgan fingerprint density at radius 1 is 1.10 bits per heavy atom. The summed E-state index contributed by atoms with van der Waals surface area (Å²) < 4.78 is 26.3. The molecule has 1 aromatic heterocycles. The van der Waals surface area contributed by atoms with Crippen LogP contribution in [0.2, 0.25) is 5.02 Å². The van der Waals surface area contributed by atoms with Gasteiger partial charge in [0.05, 0.1) is 15.1 Å². The minimum atomic E-state index is -3.75. The zero-order chi connectivity index (χ0) is 21.2. The molecule has 1 amide bonds. The number of carbonyl (C=O) groups excluding carboxylic acids is 1. The first-order valence-electron chi connectivity index (χ1n) is 8.97. The summed E-state index contributed by atoms with van der Waals surface area (Å²) in [5.41, 5.74) is 1.56. The first-order chi connectivity index (χ1) is 13.7. The highest BCUT2D eigenvalue weighted by molar-refractivity contribution is 7.92. The molecule has 1 heterocycles. The zero-order valence-corrected chi connectivity index (χ0v) is 18.8. The summed E-state index contributed by atoms with van der Waals surface area (Å²) in [5.74, 6) is -1.11. The van der Waals surface area contributed by atoms with E-state index >= 15 is 0 Å². The zero-order valence-electron chi connectivity index (χ0n) is 16.4. The van der Waals surface area contributed by atoms with Crippen LogP contribution in [-0.4, -0.2) is 57.1 Å². The SMILES string of the molecule is Cc1c(Cl)ccc2sc(N(CCN(C)C)C(=O)CS(=O)(=O)c3ccccc3)nc12. The summed E-state index contributed by atoms with van der Waals surface area (Å²) in [7, 11) is 0.0438. The van der Waals surface area contributed by atoms with Crippen molar-refractivity contribution in [3.8, 4) is 0 Å². The first-order valence-corrected chi connectivity index (χ1v) is 11.8. The van der Waals surface area contributed by atoms with Crippen molar-refractivity contribution in [1.29, 1.82) is 0 Å². The first kappa shape index (κ1) is 21.7. The highest BCUT2D eigenvalue weighted by Gasteiger charge is 2.26. The Balaban J connectivity index is 1.95. The monoisotopic (exact) mass is 451 g/mol. The number of anilines is 1. The van der Waals surface area contributed by atoms with Crippen molar-refractivity contribution in [2.75, 3.05) is 37.8 Å². The van der Waals surface area contributed by atoms with E-state index in [1.807, 2.05) is 32.0 Å². The van der Waals surface area contributed by atoms with Gasteiger partial charge < -0.3 is 4.90 Å². The lowest BCUT2D eigenvalue weighted by molar-refractivity contribution is -0.116. The molecule has 0 aliphatic carbocycles. The lowest BCUT2D eigenvalue weighted by Gasteiger charge is -2.22. The van der Waals surface area contributed by atoms with Gasteiger partial charge >= 0.3 is 0 Å². The van der Waals surface area contributed by atoms with E-state index in [1.54, 1.807) is 24.3 Å². The van der Waals surface area contributed by atoms with Gasteiger partial charge in [-0.25, -0.2) is 13.4 Å². The maximum Gasteiger partial charge on any atom is 0.244 e. The second kappa shape index (κ2) is 8.79. The van der Waals surface area contributed by atoms with E-state index in [0.29, 0.717) is 23.2 Å². The van der Waals surface area contributed by atoms with Gasteiger partial charge in [0, 0.05) is 18.1 Å². The molecule has 0 aliphatic heterocycles. The van der Waals surface area contributed by atoms with Crippen LogP contribution in [0.15, 0.2) is 47.4 Å². The highest BCUT2D eigenvalue weighted by atomic mass is 35.5. The third-order valence-corrected chi connectivity index (χ3v) is 7.53. The summed E-state index contributed by atoms with van der Waals surface area (Å²) in [5, 5.41) is 1.08. The Kier molecular flexibility index (Phi) is 6.58. The van der Waals surface area contributed by atoms with Crippen LogP contribution in [0.1, 0.15) is 5.56 Å². The van der Waals surface area contributed by atoms with Gasteiger partial charge in [0.1, 0.15) is 5.75 Å². The van der Waals surface area contributed by atoms with Crippen LogP contribution in [-0.2, 0) is 14.6 Å². The number of aryl methyl sites for hydroxylation is 1. The van der Waals surface area contributed by atoms with Gasteiger partial charge in [-0.3, -0.25) is 9.69 Å². The van der Waals surface area contributed by atoms with Gasteiger partial charge in [-0.05, 0) is 50.8 Å². The maximum atomic E-state index is 13.0. The summed E-state index contributed by atoms with van der Waals surface area (Å²) in [6.07, 6.45) is 0. The average Bonchev–Trinajstić information content (AvgIpc) is 3.10. The van der Waals surface area contributed by atoms with Gasteiger partial charge in [-0.2, -0.15) is 0 Å². The fourth-order valence-corrected chi connectivity index (χ4v) is 5.22. The van der Waals surface area contributed by atoms with Crippen molar-refractivity contribution >= 4 is 54.0 Å². The van der Waals surface area contributed by atoms with E-state index in [2.05, 4.69) is 4.98 Å². The van der Waals surface area contributed by atoms with Crippen molar-refractivity contribution in [3.63, 3.8) is 0 Å². The van der Waals surface area contributed by atoms with Gasteiger partial charge in [-0.15, -0.1) is 0 Å². The number of sulfone groups is 1. The van der Waals surface area contributed by atoms with Crippen LogP contribution >= 0.6 is 22.9 Å². The third-order valence-electron chi connectivity index (χ3n) is 4.46. The van der Waals surface area contributed by atoms with Crippen molar-refractivity contribution < 1.29 is 13.2 Å². The molecule has 0 bridgehead atoms. The molecule has 0 fully saturated rings. The van der Waals surface area contributed by atoms with E-state index in [-0.39, 0.29) is 4.90 Å². The van der Waals surface area contributed by atoms with Crippen LogP contribution in [0.3, 0.4) is 0 Å². The average molecular weight is 452 g/mol. The molecule has 0 N–H and O–H groups in total. The molecule has 0 saturated carbocycles. The Bertz CT molecular complexity index is 1130. The van der Waals surface area contributed by atoms with Gasteiger partial charge in [0.25, 0.3) is 0 Å². The number of halogens is 1. The second-order valence-electron chi connectivity index (χ2n) is 6.94. The maximum absolute atomic E-state index is 13.0. The molecule has 2 aromatic carbocycles. The van der Waals surface area contributed by atoms with Crippen molar-refractivity contribution in [2.24, 2.45) is 0 Å². The van der Waals surface area contributed by atoms with Gasteiger partial charge in [0.2, 0.25) is 5.91 Å². The summed E-state index contributed by atoms with van der Waals surface area (Å²) in [6.45, 7) is 2.79. The van der Waals surface area contributed by atoms with E-state index < -0.39 is 21.5 Å². The highest BCUT2D eigenvalue weighted by Crippen LogP contribution is 2.33. The molecule has 0 spiro atoms. The molecule has 0 aliphatic rings. The number of amides is 1. The Hall–Kier alpha value is -2.00. The number of aromatic nitrogens is 1. The topological polar surface area (TPSA) is 70.6 Å². The molecule has 154 valence electrons. The quantitative estimate of drug-likeness (QED) is 0.548. The number of rotatable bonds is 7. The van der Waals surface area contributed by atoms with Crippen LogP contribution in [0.5, 0.6) is 0 Å². The summed E-state index contributed by atoms with van der Waals surface area (Å²) >= 11 is 7.55. The Morgan fingerprint density at radius 2 is 1.79 bits per heavy atom. The summed E-state index contributed by atoms with van der Waals surface area (Å²) in [6, 6.07) is 11.7. The standard InChI is InChI=1S/C20H22ClN3O3S2/c1-14-16(21)9-10-17-19(14)22-20(28-17)24(12-11-23(2)3)18(25)13-29(26,27)15-7-5-4-6-8-15/h4-10H,11-13H2,1-3H3. The van der Waals surface area contributed by atoms with Crippen LogP contribution < -0.4 is 4.90 Å². The predicted molar refractivity (Wildman–Crippen MR) is 119 cm³/mol. The van der Waals surface area contributed by atoms with E-state index in [0.717, 1.165) is 15.8 Å². The number of likely N-dealkylation sites (N-methyl/N-ethyl adjacent to an activating group) is 1. The normalized spacial score (nSPS) is 11.9. The molecule has 3 rings (SSSR count). The molecule has 0 unspecified atom stereocenters. The minimum absolute atomic E-state index is 0.132. The second-order valence-corrected chi connectivity index (χ2v) is 10.3. The molecule has 0 radical (unpaired) electrons. The number of hydrogen-bond donors (Lipinski definition) is 0. The van der Waals surface area contributed by atoms with Crippen LogP contribution in [0.4, 0.5) is 5.13 Å². The predicted octanol–water partition coefficient (Wildman–Crippen LogP) is 3.63. The largest absolute Gasteiger partial charge is 0.308 e. The number of fused-ring (bicyclic) bond motifs is 1. The molecule has 6 nitrogen and oxygen atoms in total. The number of carbonyl (C=O) groups is 1. The number of nitrogens with zero attached hydrogens (tertiary/aromatic N) is 3. The number of benzene rings is 2. The molecular weight excluding hydrogens is 430 g/mol. The van der Waals surface area contributed by atoms with Crippen LogP contribution in [0.25, 0.3) is 10.2 Å². The van der Waals surface area contributed by atoms with Crippen LogP contribution in [0, 0.1) is 6.92 Å². The van der Waals surface area contributed by atoms with Crippen molar-refractivity contribution in [2.45, 2.75) is 11.8 Å². The smallest absolute Gasteiger partial charge is 0.244 e. The lowest BCUT2D eigenvalue weighted by atomic mass is 10.2. The minimum Gasteiger partial charge on any atom is -0.308 e. The van der Waals surface area contributed by atoms with E-state index in [4.69, 9.17) is 11.6 Å². The number of hydrogen-bond acceptors (Lipinski definition) is 6. The fraction of sp³-hybridized carbons (Fsp3) is 0.300. The lowest BCUT2D eigenvalue weighted by Crippen LogP contribution is -2.40. The van der Waals surface area contributed by atoms with Gasteiger partial charge in [0.15, 0.2) is 15.0 Å². The molecule has 0 saturated heterocycles. The molecule has 29 heavy (non-hydrogen) atoms. The van der Waals surface area contributed by atoms with Gasteiger partial charge in [-0.1, -0.05) is 41.1 Å². The van der Waals surface area contributed by atoms with E-state index in [1.165, 1.54) is 28.4 Å².